The number of hydrogen-bond donors (Lipinski definition) is 1. The van der Waals surface area contributed by atoms with Gasteiger partial charge in [0.1, 0.15) is 23.3 Å². The lowest BCUT2D eigenvalue weighted by Gasteiger charge is -2.10. The number of anilines is 1. The van der Waals surface area contributed by atoms with Crippen molar-refractivity contribution in [3.05, 3.63) is 65.4 Å². The number of thioether (sulfide) groups is 1. The Labute approximate surface area is 161 Å². The van der Waals surface area contributed by atoms with Gasteiger partial charge in [-0.25, -0.2) is 9.78 Å². The van der Waals surface area contributed by atoms with Crippen LogP contribution in [0.2, 0.25) is 0 Å². The molecule has 2 aromatic heterocycles. The SMILES string of the molecule is CSc1nn(-c2cc(C)ccn2)c(NC(=O)OCc2ccccc2)c1C#N. The number of rotatable bonds is 5. The average molecular weight is 379 g/mol. The first-order valence-electron chi connectivity index (χ1n) is 8.10. The van der Waals surface area contributed by atoms with E-state index in [1.165, 1.54) is 16.4 Å². The second-order valence-corrected chi connectivity index (χ2v) is 6.43. The molecule has 3 rings (SSSR count). The lowest BCUT2D eigenvalue weighted by molar-refractivity contribution is 0.155. The fraction of sp³-hybridized carbons (Fsp3) is 0.158. The molecule has 2 heterocycles. The summed E-state index contributed by atoms with van der Waals surface area (Å²) in [5.74, 6) is 0.739. The van der Waals surface area contributed by atoms with Crippen molar-refractivity contribution >= 4 is 23.7 Å². The fourth-order valence-electron chi connectivity index (χ4n) is 2.41. The third-order valence-corrected chi connectivity index (χ3v) is 4.38. The van der Waals surface area contributed by atoms with Gasteiger partial charge in [-0.3, -0.25) is 5.32 Å². The van der Waals surface area contributed by atoms with E-state index >= 15 is 0 Å². The maximum atomic E-state index is 12.3. The Hall–Kier alpha value is -3.31. The van der Waals surface area contributed by atoms with E-state index in [2.05, 4.69) is 21.5 Å². The van der Waals surface area contributed by atoms with Crippen LogP contribution in [0.4, 0.5) is 10.6 Å². The van der Waals surface area contributed by atoms with E-state index in [-0.39, 0.29) is 18.0 Å². The molecule has 0 radical (unpaired) electrons. The number of benzene rings is 1. The molecule has 0 aliphatic rings. The van der Waals surface area contributed by atoms with Crippen LogP contribution in [0, 0.1) is 18.3 Å². The molecule has 0 aliphatic heterocycles. The molecule has 3 aromatic rings. The molecule has 1 aromatic carbocycles. The number of carbonyl (C=O) groups is 1. The van der Waals surface area contributed by atoms with Gasteiger partial charge in [0.05, 0.1) is 0 Å². The topological polar surface area (TPSA) is 92.8 Å². The standard InChI is InChI=1S/C19H17N5O2S/c1-13-8-9-21-16(10-13)24-17(15(11-20)18(23-24)27-2)22-19(25)26-12-14-6-4-3-5-7-14/h3-10H,12H2,1-2H3,(H,22,25). The second kappa shape index (κ2) is 8.38. The second-order valence-electron chi connectivity index (χ2n) is 5.63. The van der Waals surface area contributed by atoms with Crippen LogP contribution in [0.25, 0.3) is 5.82 Å². The van der Waals surface area contributed by atoms with Crippen molar-refractivity contribution in [3.63, 3.8) is 0 Å². The molecule has 0 unspecified atom stereocenters. The van der Waals surface area contributed by atoms with Crippen molar-refractivity contribution in [3.8, 4) is 11.9 Å². The van der Waals surface area contributed by atoms with E-state index in [9.17, 15) is 10.1 Å². The van der Waals surface area contributed by atoms with Crippen molar-refractivity contribution in [1.82, 2.24) is 14.8 Å². The molecule has 136 valence electrons. The molecule has 0 fully saturated rings. The zero-order valence-corrected chi connectivity index (χ0v) is 15.7. The van der Waals surface area contributed by atoms with Crippen molar-refractivity contribution in [2.45, 2.75) is 18.6 Å². The number of ether oxygens (including phenoxy) is 1. The highest BCUT2D eigenvalue weighted by molar-refractivity contribution is 7.98. The van der Waals surface area contributed by atoms with E-state index in [4.69, 9.17) is 4.74 Å². The summed E-state index contributed by atoms with van der Waals surface area (Å²) in [6.07, 6.45) is 2.79. The van der Waals surface area contributed by atoms with Crippen molar-refractivity contribution < 1.29 is 9.53 Å². The van der Waals surface area contributed by atoms with Crippen LogP contribution in [-0.2, 0) is 11.3 Å². The Morgan fingerprint density at radius 3 is 2.78 bits per heavy atom. The van der Waals surface area contributed by atoms with Crippen molar-refractivity contribution in [1.29, 1.82) is 5.26 Å². The molecular weight excluding hydrogens is 362 g/mol. The summed E-state index contributed by atoms with van der Waals surface area (Å²) in [7, 11) is 0. The lowest BCUT2D eigenvalue weighted by Crippen LogP contribution is -2.17. The summed E-state index contributed by atoms with van der Waals surface area (Å²) < 4.78 is 6.71. The minimum Gasteiger partial charge on any atom is -0.444 e. The van der Waals surface area contributed by atoms with Crippen LogP contribution in [0.5, 0.6) is 0 Å². The zero-order chi connectivity index (χ0) is 19.2. The van der Waals surface area contributed by atoms with E-state index in [0.717, 1.165) is 11.1 Å². The van der Waals surface area contributed by atoms with Gasteiger partial charge < -0.3 is 4.74 Å². The highest BCUT2D eigenvalue weighted by Gasteiger charge is 2.21. The van der Waals surface area contributed by atoms with Gasteiger partial charge in [-0.05, 0) is 36.4 Å². The third-order valence-electron chi connectivity index (χ3n) is 3.71. The molecule has 8 heteroatoms. The number of nitrogens with zero attached hydrogens (tertiary/aromatic N) is 4. The predicted molar refractivity (Wildman–Crippen MR) is 103 cm³/mol. The average Bonchev–Trinajstić information content (AvgIpc) is 3.04. The fourth-order valence-corrected chi connectivity index (χ4v) is 2.92. The van der Waals surface area contributed by atoms with Gasteiger partial charge in [-0.1, -0.05) is 30.3 Å². The molecule has 0 aliphatic carbocycles. The van der Waals surface area contributed by atoms with Crippen LogP contribution < -0.4 is 5.32 Å². The lowest BCUT2D eigenvalue weighted by atomic mass is 10.2. The van der Waals surface area contributed by atoms with Gasteiger partial charge in [0.15, 0.2) is 11.6 Å². The Bertz CT molecular complexity index is 995. The summed E-state index contributed by atoms with van der Waals surface area (Å²) in [6, 6.07) is 15.1. The van der Waals surface area contributed by atoms with Gasteiger partial charge in [0, 0.05) is 6.20 Å². The first-order valence-corrected chi connectivity index (χ1v) is 9.32. The molecular formula is C19H17N5O2S. The molecule has 0 atom stereocenters. The molecule has 0 saturated heterocycles. The predicted octanol–water partition coefficient (Wildman–Crippen LogP) is 3.92. The third kappa shape index (κ3) is 4.27. The molecule has 0 spiro atoms. The van der Waals surface area contributed by atoms with Gasteiger partial charge in [0.25, 0.3) is 0 Å². The van der Waals surface area contributed by atoms with E-state index in [0.29, 0.717) is 10.8 Å². The summed E-state index contributed by atoms with van der Waals surface area (Å²) >= 11 is 1.32. The summed E-state index contributed by atoms with van der Waals surface area (Å²) in [6.45, 7) is 2.05. The van der Waals surface area contributed by atoms with Gasteiger partial charge >= 0.3 is 6.09 Å². The van der Waals surface area contributed by atoms with Gasteiger partial charge in [-0.15, -0.1) is 11.8 Å². The van der Waals surface area contributed by atoms with Crippen LogP contribution in [0.15, 0.2) is 53.7 Å². The largest absolute Gasteiger partial charge is 0.444 e. The highest BCUT2D eigenvalue weighted by atomic mass is 32.2. The maximum Gasteiger partial charge on any atom is 0.413 e. The van der Waals surface area contributed by atoms with Crippen LogP contribution in [0.3, 0.4) is 0 Å². The minimum atomic E-state index is -0.670. The van der Waals surface area contributed by atoms with Gasteiger partial charge in [0.2, 0.25) is 0 Å². The number of carbonyl (C=O) groups excluding carboxylic acids is 1. The number of hydrogen-bond acceptors (Lipinski definition) is 6. The van der Waals surface area contributed by atoms with Crippen LogP contribution in [0.1, 0.15) is 16.7 Å². The summed E-state index contributed by atoms with van der Waals surface area (Å²) in [5, 5.41) is 17.1. The van der Waals surface area contributed by atoms with Crippen molar-refractivity contribution in [2.75, 3.05) is 11.6 Å². The van der Waals surface area contributed by atoms with Crippen LogP contribution in [-0.4, -0.2) is 27.1 Å². The minimum absolute atomic E-state index is 0.126. The zero-order valence-electron chi connectivity index (χ0n) is 14.8. The molecule has 0 saturated carbocycles. The summed E-state index contributed by atoms with van der Waals surface area (Å²) in [4.78, 5) is 16.6. The Morgan fingerprint density at radius 1 is 1.33 bits per heavy atom. The first kappa shape index (κ1) is 18.5. The first-order chi connectivity index (χ1) is 13.1. The normalized spacial score (nSPS) is 10.3. The van der Waals surface area contributed by atoms with Gasteiger partial charge in [-0.2, -0.15) is 15.0 Å². The number of nitriles is 1. The smallest absolute Gasteiger partial charge is 0.413 e. The molecule has 7 nitrogen and oxygen atoms in total. The van der Waals surface area contributed by atoms with E-state index < -0.39 is 6.09 Å². The number of pyridine rings is 1. The molecule has 27 heavy (non-hydrogen) atoms. The van der Waals surface area contributed by atoms with E-state index in [1.54, 1.807) is 6.20 Å². The maximum absolute atomic E-state index is 12.3. The quantitative estimate of drug-likeness (QED) is 0.676. The molecule has 1 N–H and O–H groups in total. The number of nitrogens with one attached hydrogen (secondary N) is 1. The number of amides is 1. The Morgan fingerprint density at radius 2 is 2.11 bits per heavy atom. The monoisotopic (exact) mass is 379 g/mol. The highest BCUT2D eigenvalue weighted by Crippen LogP contribution is 2.28. The number of aromatic nitrogens is 3. The molecule has 0 bridgehead atoms. The summed E-state index contributed by atoms with van der Waals surface area (Å²) in [5.41, 5.74) is 2.12. The molecule has 1 amide bonds. The van der Waals surface area contributed by atoms with E-state index in [1.807, 2.05) is 55.6 Å². The van der Waals surface area contributed by atoms with Crippen molar-refractivity contribution in [2.24, 2.45) is 0 Å². The number of aryl methyl sites for hydroxylation is 1. The van der Waals surface area contributed by atoms with Crippen LogP contribution >= 0.6 is 11.8 Å². The Kier molecular flexibility index (Phi) is 5.74. The Balaban J connectivity index is 1.88.